The van der Waals surface area contributed by atoms with Gasteiger partial charge in [-0.1, -0.05) is 0 Å². The quantitative estimate of drug-likeness (QED) is 0.399. The Hall–Kier alpha value is 0.847. The first-order chi connectivity index (χ1) is 5.18. The molecule has 72 valence electrons. The SMILES string of the molecule is CN1CC[N+](C)=C1[Si-](Cl)(Cl)(Cl)Cl. The van der Waals surface area contributed by atoms with Gasteiger partial charge in [-0.05, 0) is 0 Å². The van der Waals surface area contributed by atoms with E-state index in [2.05, 4.69) is 0 Å². The van der Waals surface area contributed by atoms with Gasteiger partial charge in [0.25, 0.3) is 0 Å². The van der Waals surface area contributed by atoms with Gasteiger partial charge < -0.3 is 0 Å². The fraction of sp³-hybridized carbons (Fsp3) is 0.800. The topological polar surface area (TPSA) is 6.25 Å². The van der Waals surface area contributed by atoms with Crippen LogP contribution in [0, 0.1) is 0 Å². The average Bonchev–Trinajstić information content (AvgIpc) is 2.06. The van der Waals surface area contributed by atoms with E-state index in [-0.39, 0.29) is 0 Å². The number of hydrogen-bond donors (Lipinski definition) is 0. The Labute approximate surface area is 90.9 Å². The second-order valence-corrected chi connectivity index (χ2v) is 17.6. The summed E-state index contributed by atoms with van der Waals surface area (Å²) in [6, 6.07) is 0. The van der Waals surface area contributed by atoms with Crippen LogP contribution in [0.2, 0.25) is 0 Å². The van der Waals surface area contributed by atoms with Gasteiger partial charge in [0.2, 0.25) is 0 Å². The van der Waals surface area contributed by atoms with E-state index in [0.717, 1.165) is 13.1 Å². The van der Waals surface area contributed by atoms with Gasteiger partial charge in [0, 0.05) is 0 Å². The monoisotopic (exact) mass is 266 g/mol. The molecule has 0 saturated heterocycles. The van der Waals surface area contributed by atoms with Crippen LogP contribution < -0.4 is 0 Å². The van der Waals surface area contributed by atoms with Crippen LogP contribution in [0.25, 0.3) is 0 Å². The molecule has 0 radical (unpaired) electrons. The van der Waals surface area contributed by atoms with Crippen molar-refractivity contribution in [2.24, 2.45) is 0 Å². The van der Waals surface area contributed by atoms with Crippen LogP contribution in [0.3, 0.4) is 0 Å². The maximum absolute atomic E-state index is 5.91. The van der Waals surface area contributed by atoms with Gasteiger partial charge >= 0.3 is 91.0 Å². The normalized spacial score (nSPS) is 22.8. The molecule has 0 N–H and O–H groups in total. The summed E-state index contributed by atoms with van der Waals surface area (Å²) in [7, 11) is 3.75. The van der Waals surface area contributed by atoms with Crippen molar-refractivity contribution in [3.8, 4) is 0 Å². The van der Waals surface area contributed by atoms with Crippen molar-refractivity contribution < 1.29 is 4.58 Å². The Morgan fingerprint density at radius 1 is 1.33 bits per heavy atom. The third kappa shape index (κ3) is 2.20. The summed E-state index contributed by atoms with van der Waals surface area (Å²) < 4.78 is -2.00. The summed E-state index contributed by atoms with van der Waals surface area (Å²) in [6.07, 6.45) is 0. The summed E-state index contributed by atoms with van der Waals surface area (Å²) in [5.41, 5.74) is 0.654. The van der Waals surface area contributed by atoms with E-state index in [4.69, 9.17) is 44.3 Å². The number of halogens is 4. The van der Waals surface area contributed by atoms with E-state index in [0.29, 0.717) is 5.46 Å². The van der Waals surface area contributed by atoms with Crippen LogP contribution in [-0.2, 0) is 0 Å². The molecular weight excluding hydrogens is 258 g/mol. The van der Waals surface area contributed by atoms with E-state index in [1.54, 1.807) is 0 Å². The number of rotatable bonds is 1. The average molecular weight is 268 g/mol. The van der Waals surface area contributed by atoms with E-state index in [1.807, 2.05) is 23.6 Å². The van der Waals surface area contributed by atoms with E-state index < -0.39 is 4.59 Å². The van der Waals surface area contributed by atoms with E-state index in [1.165, 1.54) is 0 Å². The van der Waals surface area contributed by atoms with Gasteiger partial charge in [-0.2, -0.15) is 0 Å². The minimum absolute atomic E-state index is 0.654. The maximum atomic E-state index is 5.91. The molecule has 1 rings (SSSR count). The molecule has 0 aromatic rings. The Bertz CT molecular complexity index is 234. The molecule has 0 unspecified atom stereocenters. The molecular formula is C5H10Cl4N2Si. The third-order valence-electron chi connectivity index (χ3n) is 1.83. The van der Waals surface area contributed by atoms with Crippen LogP contribution >= 0.6 is 44.3 Å². The van der Waals surface area contributed by atoms with Crippen LogP contribution in [0.1, 0.15) is 0 Å². The van der Waals surface area contributed by atoms with Crippen LogP contribution in [-0.4, -0.2) is 46.7 Å². The molecule has 0 bridgehead atoms. The van der Waals surface area contributed by atoms with Crippen molar-refractivity contribution in [1.82, 2.24) is 4.90 Å². The van der Waals surface area contributed by atoms with Gasteiger partial charge in [-0.25, -0.2) is 0 Å². The number of hydrogen-bond acceptors (Lipinski definition) is 1. The number of amidine groups is 1. The number of likely N-dealkylation sites (N-methyl/N-ethyl adjacent to an activating group) is 2. The first-order valence-corrected chi connectivity index (χ1v) is 10.0. The van der Waals surface area contributed by atoms with Gasteiger partial charge in [0.1, 0.15) is 0 Å². The molecule has 0 spiro atoms. The van der Waals surface area contributed by atoms with E-state index in [9.17, 15) is 0 Å². The van der Waals surface area contributed by atoms with Crippen molar-refractivity contribution in [2.45, 2.75) is 0 Å². The Morgan fingerprint density at radius 2 is 1.83 bits per heavy atom. The summed E-state index contributed by atoms with van der Waals surface area (Å²) in [4.78, 5) is 1.90. The molecule has 0 atom stereocenters. The summed E-state index contributed by atoms with van der Waals surface area (Å²) in [5.74, 6) is 0. The minimum atomic E-state index is -3.90. The second-order valence-electron chi connectivity index (χ2n) is 2.97. The Balaban J connectivity index is 3.11. The standard InChI is InChI=1S/C5H10Cl4N2Si/c1-10-3-4-11(2)5(10)12(6,7,8)9/h3-4H2,1-2H3. The predicted molar refractivity (Wildman–Crippen MR) is 57.9 cm³/mol. The molecule has 12 heavy (non-hydrogen) atoms. The molecule has 0 aromatic carbocycles. The molecule has 2 nitrogen and oxygen atoms in total. The summed E-state index contributed by atoms with van der Waals surface area (Å²) in [6.45, 7) is 1.71. The van der Waals surface area contributed by atoms with Gasteiger partial charge in [-0.15, -0.1) is 0 Å². The van der Waals surface area contributed by atoms with Crippen molar-refractivity contribution in [3.63, 3.8) is 0 Å². The molecule has 7 heteroatoms. The third-order valence-corrected chi connectivity index (χ3v) is 5.30. The van der Waals surface area contributed by atoms with Crippen LogP contribution in [0.5, 0.6) is 0 Å². The van der Waals surface area contributed by atoms with Crippen LogP contribution in [0.4, 0.5) is 0 Å². The van der Waals surface area contributed by atoms with Crippen LogP contribution in [0.15, 0.2) is 0 Å². The predicted octanol–water partition coefficient (Wildman–Crippen LogP) is 1.86. The molecule has 1 heterocycles. The molecule has 0 saturated carbocycles. The van der Waals surface area contributed by atoms with E-state index >= 15 is 0 Å². The molecule has 1 aliphatic rings. The molecule has 1 aliphatic heterocycles. The molecule has 0 fully saturated rings. The Kier molecular flexibility index (Phi) is 2.66. The molecule has 0 aliphatic carbocycles. The zero-order valence-corrected chi connectivity index (χ0v) is 10.8. The zero-order chi connectivity index (χ0) is 9.59. The van der Waals surface area contributed by atoms with Crippen molar-refractivity contribution in [1.29, 1.82) is 0 Å². The summed E-state index contributed by atoms with van der Waals surface area (Å²) in [5, 5.41) is 0. The zero-order valence-electron chi connectivity index (χ0n) is 6.82. The van der Waals surface area contributed by atoms with Crippen molar-refractivity contribution in [2.75, 3.05) is 27.2 Å². The van der Waals surface area contributed by atoms with Crippen molar-refractivity contribution in [3.05, 3.63) is 0 Å². The first-order valence-electron chi connectivity index (χ1n) is 3.48. The molecule has 0 aromatic heterocycles. The second kappa shape index (κ2) is 2.92. The fourth-order valence-electron chi connectivity index (χ4n) is 1.38. The van der Waals surface area contributed by atoms with Gasteiger partial charge in [-0.3, -0.25) is 0 Å². The fourth-order valence-corrected chi connectivity index (χ4v) is 6.22. The Morgan fingerprint density at radius 3 is 2.00 bits per heavy atom. The van der Waals surface area contributed by atoms with Gasteiger partial charge in [0.15, 0.2) is 0 Å². The summed E-state index contributed by atoms with van der Waals surface area (Å²) >= 11 is 23.7. The molecule has 0 amide bonds. The first kappa shape index (κ1) is 10.9. The van der Waals surface area contributed by atoms with Crippen molar-refractivity contribution >= 4 is 54.4 Å². The number of nitrogens with zero attached hydrogens (tertiary/aromatic N) is 2. The van der Waals surface area contributed by atoms with Gasteiger partial charge in [0.05, 0.1) is 0 Å².